The van der Waals surface area contributed by atoms with Gasteiger partial charge in [-0.2, -0.15) is 0 Å². The minimum absolute atomic E-state index is 0.381. The van der Waals surface area contributed by atoms with Gasteiger partial charge in [-0.25, -0.2) is 4.98 Å². The van der Waals surface area contributed by atoms with E-state index in [1.54, 1.807) is 6.20 Å². The summed E-state index contributed by atoms with van der Waals surface area (Å²) in [6.45, 7) is 5.13. The molecule has 2 N–H and O–H groups in total. The number of aromatic nitrogens is 2. The van der Waals surface area contributed by atoms with E-state index in [-0.39, 0.29) is 0 Å². The van der Waals surface area contributed by atoms with Gasteiger partial charge in [0.25, 0.3) is 0 Å². The molecular weight excluding hydrogens is 298 g/mol. The number of nitrogen functional groups attached to an aromatic ring is 1. The zero-order valence-corrected chi connectivity index (χ0v) is 13.8. The number of nitrogens with two attached hydrogens (primary N) is 1. The van der Waals surface area contributed by atoms with Crippen LogP contribution in [0.3, 0.4) is 0 Å². The van der Waals surface area contributed by atoms with E-state index in [4.69, 9.17) is 5.73 Å². The summed E-state index contributed by atoms with van der Waals surface area (Å²) < 4.78 is 0. The van der Waals surface area contributed by atoms with Crippen LogP contribution in [-0.4, -0.2) is 35.6 Å². The maximum absolute atomic E-state index is 5.75. The molecule has 1 unspecified atom stereocenters. The van der Waals surface area contributed by atoms with Crippen molar-refractivity contribution in [3.8, 4) is 0 Å². The van der Waals surface area contributed by atoms with E-state index in [1.165, 1.54) is 16.5 Å². The standard InChI is InChI=1S/C19H21N5/c1-14-13-23(9-10-24(14)19-6-5-16(20)12-22-19)18-4-2-3-15-11-21-8-7-17(15)18/h2-8,11-12,14H,9-10,13,20H2,1H3. The molecular formula is C19H21N5. The van der Waals surface area contributed by atoms with Gasteiger partial charge in [0.1, 0.15) is 5.82 Å². The first-order chi connectivity index (χ1) is 11.7. The van der Waals surface area contributed by atoms with Crippen molar-refractivity contribution in [3.05, 3.63) is 55.0 Å². The molecule has 0 amide bonds. The van der Waals surface area contributed by atoms with Gasteiger partial charge in [-0.1, -0.05) is 12.1 Å². The molecule has 4 rings (SSSR count). The van der Waals surface area contributed by atoms with Gasteiger partial charge in [0.2, 0.25) is 0 Å². The molecule has 0 aliphatic carbocycles. The smallest absolute Gasteiger partial charge is 0.128 e. The summed E-state index contributed by atoms with van der Waals surface area (Å²) in [5.74, 6) is 0.999. The average Bonchev–Trinajstić information content (AvgIpc) is 2.62. The Kier molecular flexibility index (Phi) is 3.69. The topological polar surface area (TPSA) is 58.3 Å². The first-order valence-electron chi connectivity index (χ1n) is 8.28. The number of pyridine rings is 2. The Morgan fingerprint density at radius 2 is 2.00 bits per heavy atom. The van der Waals surface area contributed by atoms with E-state index in [0.29, 0.717) is 11.7 Å². The highest BCUT2D eigenvalue weighted by Crippen LogP contribution is 2.29. The fraction of sp³-hybridized carbons (Fsp3) is 0.263. The van der Waals surface area contributed by atoms with E-state index in [9.17, 15) is 0 Å². The Hall–Kier alpha value is -2.82. The summed E-state index contributed by atoms with van der Waals surface area (Å²) >= 11 is 0. The molecule has 5 nitrogen and oxygen atoms in total. The number of rotatable bonds is 2. The van der Waals surface area contributed by atoms with Gasteiger partial charge in [0.05, 0.1) is 11.9 Å². The second kappa shape index (κ2) is 6.00. The van der Waals surface area contributed by atoms with Gasteiger partial charge in [0.15, 0.2) is 0 Å². The molecule has 3 heterocycles. The molecule has 0 saturated carbocycles. The maximum Gasteiger partial charge on any atom is 0.128 e. The van der Waals surface area contributed by atoms with Crippen LogP contribution in [0, 0.1) is 0 Å². The average molecular weight is 319 g/mol. The maximum atomic E-state index is 5.75. The molecule has 0 radical (unpaired) electrons. The van der Waals surface area contributed by atoms with Gasteiger partial charge in [-0.15, -0.1) is 0 Å². The van der Waals surface area contributed by atoms with Crippen LogP contribution >= 0.6 is 0 Å². The van der Waals surface area contributed by atoms with Crippen molar-refractivity contribution in [2.24, 2.45) is 0 Å². The molecule has 122 valence electrons. The number of hydrogen-bond donors (Lipinski definition) is 1. The number of fused-ring (bicyclic) bond motifs is 1. The Balaban J connectivity index is 1.59. The normalized spacial score (nSPS) is 18.1. The molecule has 1 saturated heterocycles. The van der Waals surface area contributed by atoms with Gasteiger partial charge < -0.3 is 15.5 Å². The molecule has 1 fully saturated rings. The highest BCUT2D eigenvalue weighted by molar-refractivity contribution is 5.93. The third-order valence-electron chi connectivity index (χ3n) is 4.69. The molecule has 5 heteroatoms. The van der Waals surface area contributed by atoms with E-state index >= 15 is 0 Å². The number of benzene rings is 1. The summed E-state index contributed by atoms with van der Waals surface area (Å²) in [6.07, 6.45) is 5.52. The van der Waals surface area contributed by atoms with Crippen LogP contribution < -0.4 is 15.5 Å². The van der Waals surface area contributed by atoms with Crippen LogP contribution in [0.15, 0.2) is 55.0 Å². The Bertz CT molecular complexity index is 841. The van der Waals surface area contributed by atoms with Crippen molar-refractivity contribution in [1.29, 1.82) is 0 Å². The number of anilines is 3. The van der Waals surface area contributed by atoms with Crippen LogP contribution in [0.25, 0.3) is 10.8 Å². The third kappa shape index (κ3) is 2.62. The third-order valence-corrected chi connectivity index (χ3v) is 4.69. The lowest BCUT2D eigenvalue weighted by molar-refractivity contribution is 0.547. The molecule has 1 aromatic carbocycles. The number of piperazine rings is 1. The van der Waals surface area contributed by atoms with E-state index in [0.717, 1.165) is 25.5 Å². The largest absolute Gasteiger partial charge is 0.397 e. The predicted molar refractivity (Wildman–Crippen MR) is 99.4 cm³/mol. The molecule has 1 aliphatic heterocycles. The van der Waals surface area contributed by atoms with E-state index in [2.05, 4.69) is 51.0 Å². The summed E-state index contributed by atoms with van der Waals surface area (Å²) in [5.41, 5.74) is 7.73. The van der Waals surface area contributed by atoms with Crippen molar-refractivity contribution in [2.75, 3.05) is 35.2 Å². The SMILES string of the molecule is CC1CN(c2cccc3cnccc23)CCN1c1ccc(N)cn1. The van der Waals surface area contributed by atoms with Gasteiger partial charge in [0, 0.05) is 54.5 Å². The van der Waals surface area contributed by atoms with E-state index in [1.807, 2.05) is 24.5 Å². The molecule has 2 aromatic heterocycles. The van der Waals surface area contributed by atoms with Gasteiger partial charge in [-0.3, -0.25) is 4.98 Å². The zero-order chi connectivity index (χ0) is 16.5. The summed E-state index contributed by atoms with van der Waals surface area (Å²) in [7, 11) is 0. The van der Waals surface area contributed by atoms with Crippen LogP contribution in [0.1, 0.15) is 6.92 Å². The minimum Gasteiger partial charge on any atom is -0.397 e. The lowest BCUT2D eigenvalue weighted by Crippen LogP contribution is -2.52. The zero-order valence-electron chi connectivity index (χ0n) is 13.8. The molecule has 0 spiro atoms. The van der Waals surface area contributed by atoms with E-state index < -0.39 is 0 Å². The fourth-order valence-electron chi connectivity index (χ4n) is 3.47. The summed E-state index contributed by atoms with van der Waals surface area (Å²) in [5, 5.41) is 2.45. The van der Waals surface area contributed by atoms with Gasteiger partial charge >= 0.3 is 0 Å². The second-order valence-electron chi connectivity index (χ2n) is 6.31. The highest BCUT2D eigenvalue weighted by atomic mass is 15.3. The molecule has 1 aliphatic rings. The summed E-state index contributed by atoms with van der Waals surface area (Å²) in [6, 6.07) is 12.8. The minimum atomic E-state index is 0.381. The molecule has 1 atom stereocenters. The highest BCUT2D eigenvalue weighted by Gasteiger charge is 2.25. The Labute approximate surface area is 141 Å². The Morgan fingerprint density at radius 3 is 2.79 bits per heavy atom. The van der Waals surface area contributed by atoms with Crippen molar-refractivity contribution in [3.63, 3.8) is 0 Å². The lowest BCUT2D eigenvalue weighted by atomic mass is 10.1. The van der Waals surface area contributed by atoms with Crippen molar-refractivity contribution in [2.45, 2.75) is 13.0 Å². The molecule has 24 heavy (non-hydrogen) atoms. The van der Waals surface area contributed by atoms with Crippen molar-refractivity contribution in [1.82, 2.24) is 9.97 Å². The Morgan fingerprint density at radius 1 is 1.08 bits per heavy atom. The monoisotopic (exact) mass is 319 g/mol. The fourth-order valence-corrected chi connectivity index (χ4v) is 3.47. The van der Waals surface area contributed by atoms with Crippen LogP contribution in [0.4, 0.5) is 17.2 Å². The van der Waals surface area contributed by atoms with Crippen molar-refractivity contribution < 1.29 is 0 Å². The van der Waals surface area contributed by atoms with Crippen molar-refractivity contribution >= 4 is 28.0 Å². The first kappa shape index (κ1) is 14.8. The summed E-state index contributed by atoms with van der Waals surface area (Å²) in [4.78, 5) is 13.5. The van der Waals surface area contributed by atoms with Gasteiger partial charge in [-0.05, 0) is 31.2 Å². The van der Waals surface area contributed by atoms with Crippen LogP contribution in [0.2, 0.25) is 0 Å². The predicted octanol–water partition coefficient (Wildman–Crippen LogP) is 2.93. The van der Waals surface area contributed by atoms with Crippen LogP contribution in [0.5, 0.6) is 0 Å². The number of hydrogen-bond acceptors (Lipinski definition) is 5. The molecule has 0 bridgehead atoms. The number of nitrogens with zero attached hydrogens (tertiary/aromatic N) is 4. The quantitative estimate of drug-likeness (QED) is 0.787. The van der Waals surface area contributed by atoms with Crippen LogP contribution in [-0.2, 0) is 0 Å². The second-order valence-corrected chi connectivity index (χ2v) is 6.31. The molecule has 3 aromatic rings. The first-order valence-corrected chi connectivity index (χ1v) is 8.28. The lowest BCUT2D eigenvalue weighted by Gasteiger charge is -2.42.